The number of benzene rings is 10. The van der Waals surface area contributed by atoms with E-state index in [2.05, 4.69) is 223 Å². The van der Waals surface area contributed by atoms with Gasteiger partial charge in [0.15, 0.2) is 0 Å². The van der Waals surface area contributed by atoms with Gasteiger partial charge in [0.2, 0.25) is 0 Å². The zero-order valence-corrected chi connectivity index (χ0v) is 33.5. The molecule has 1 nitrogen and oxygen atoms in total. The average Bonchev–Trinajstić information content (AvgIpc) is 3.90. The Bertz CT molecular complexity index is 3280. The average molecular weight is 780 g/mol. The summed E-state index contributed by atoms with van der Waals surface area (Å²) in [7, 11) is 0. The molecule has 0 spiro atoms. The molecule has 60 heavy (non-hydrogen) atoms. The van der Waals surface area contributed by atoms with E-state index in [0.717, 1.165) is 5.52 Å². The normalized spacial score (nSPS) is 11.7. The summed E-state index contributed by atoms with van der Waals surface area (Å²) in [6.07, 6.45) is 0. The van der Waals surface area contributed by atoms with Crippen molar-refractivity contribution >= 4 is 64.1 Å². The van der Waals surface area contributed by atoms with Gasteiger partial charge in [-0.25, -0.2) is 0 Å². The van der Waals surface area contributed by atoms with Gasteiger partial charge in [-0.05, 0) is 78.9 Å². The molecule has 0 amide bonds. The maximum absolute atomic E-state index is 3.85. The molecule has 280 valence electrons. The van der Waals surface area contributed by atoms with E-state index in [4.69, 9.17) is 0 Å². The first-order valence-corrected chi connectivity index (χ1v) is 21.4. The zero-order valence-electron chi connectivity index (χ0n) is 32.7. The number of aromatic nitrogens is 1. The summed E-state index contributed by atoms with van der Waals surface area (Å²) < 4.78 is 2.65. The summed E-state index contributed by atoms with van der Waals surface area (Å²) in [6, 6.07) is 79.8. The van der Waals surface area contributed by atoms with Crippen LogP contribution in [0.25, 0.3) is 120 Å². The lowest BCUT2D eigenvalue weighted by Crippen LogP contribution is -1.82. The maximum atomic E-state index is 3.85. The predicted octanol–water partition coefficient (Wildman–Crippen LogP) is 16.8. The second-order valence-corrected chi connectivity index (χ2v) is 16.8. The summed E-state index contributed by atoms with van der Waals surface area (Å²) in [5.74, 6) is 0. The molecule has 0 radical (unpaired) electrons. The van der Waals surface area contributed by atoms with Crippen molar-refractivity contribution in [1.82, 2.24) is 4.98 Å². The van der Waals surface area contributed by atoms with E-state index in [1.54, 1.807) is 0 Å². The summed E-state index contributed by atoms with van der Waals surface area (Å²) in [4.78, 5) is 3.85. The molecule has 12 aromatic rings. The topological polar surface area (TPSA) is 15.8 Å². The Morgan fingerprint density at radius 2 is 0.567 bits per heavy atom. The predicted molar refractivity (Wildman–Crippen MR) is 259 cm³/mol. The van der Waals surface area contributed by atoms with E-state index in [-0.39, 0.29) is 0 Å². The van der Waals surface area contributed by atoms with Crippen molar-refractivity contribution in [2.75, 3.05) is 0 Å². The van der Waals surface area contributed by atoms with E-state index in [9.17, 15) is 0 Å². The van der Waals surface area contributed by atoms with E-state index >= 15 is 0 Å². The molecule has 0 fully saturated rings. The van der Waals surface area contributed by atoms with Crippen LogP contribution in [-0.4, -0.2) is 4.98 Å². The fraction of sp³-hybridized carbons (Fsp3) is 0. The molecule has 0 saturated heterocycles. The standard InChI is InChI=1S/C58H37NS/c1-3-7-37(8-4-1)39-11-15-41(16-12-39)43-19-23-45(24-20-43)47-27-29-49-51-31-34-54-52(57(51)59-55(49)35-47)32-33-53-50-30-28-48(36-56(50)60-58(53)54)46-25-21-44(22-26-46)42-17-13-40(14-18-42)38-9-5-2-6-10-38/h1-36,59H. The van der Waals surface area contributed by atoms with Gasteiger partial charge >= 0.3 is 0 Å². The first-order valence-electron chi connectivity index (χ1n) is 20.6. The molecule has 10 aromatic carbocycles. The molecule has 0 saturated carbocycles. The van der Waals surface area contributed by atoms with Crippen LogP contribution in [0.5, 0.6) is 0 Å². The van der Waals surface area contributed by atoms with E-state index in [1.165, 1.54) is 114 Å². The summed E-state index contributed by atoms with van der Waals surface area (Å²) in [5.41, 5.74) is 17.1. The van der Waals surface area contributed by atoms with Gasteiger partial charge in [-0.1, -0.05) is 206 Å². The van der Waals surface area contributed by atoms with Crippen molar-refractivity contribution in [2.24, 2.45) is 0 Å². The van der Waals surface area contributed by atoms with Crippen molar-refractivity contribution in [3.8, 4) is 66.8 Å². The number of H-pyrrole nitrogens is 1. The largest absolute Gasteiger partial charge is 0.354 e. The van der Waals surface area contributed by atoms with Crippen LogP contribution in [0.3, 0.4) is 0 Å². The van der Waals surface area contributed by atoms with Gasteiger partial charge in [-0.15, -0.1) is 11.3 Å². The molecular formula is C58H37NS. The third-order valence-corrected chi connectivity index (χ3v) is 13.5. The Morgan fingerprint density at radius 1 is 0.250 bits per heavy atom. The first-order chi connectivity index (χ1) is 29.7. The number of rotatable bonds is 6. The molecule has 0 aliphatic heterocycles. The van der Waals surface area contributed by atoms with Gasteiger partial charge in [-0.2, -0.15) is 0 Å². The van der Waals surface area contributed by atoms with Gasteiger partial charge in [0, 0.05) is 47.2 Å². The lowest BCUT2D eigenvalue weighted by atomic mass is 9.97. The number of thiophene rings is 1. The van der Waals surface area contributed by atoms with Crippen molar-refractivity contribution in [3.63, 3.8) is 0 Å². The van der Waals surface area contributed by atoms with Crippen LogP contribution < -0.4 is 0 Å². The van der Waals surface area contributed by atoms with Crippen LogP contribution in [0.4, 0.5) is 0 Å². The minimum Gasteiger partial charge on any atom is -0.354 e. The first kappa shape index (κ1) is 34.5. The highest BCUT2D eigenvalue weighted by molar-refractivity contribution is 7.26. The fourth-order valence-electron chi connectivity index (χ4n) is 9.06. The second kappa shape index (κ2) is 14.1. The third kappa shape index (κ3) is 5.92. The van der Waals surface area contributed by atoms with Gasteiger partial charge in [0.25, 0.3) is 0 Å². The highest BCUT2D eigenvalue weighted by atomic mass is 32.1. The molecule has 0 bridgehead atoms. The van der Waals surface area contributed by atoms with Crippen molar-refractivity contribution in [1.29, 1.82) is 0 Å². The van der Waals surface area contributed by atoms with Crippen LogP contribution in [0, 0.1) is 0 Å². The summed E-state index contributed by atoms with van der Waals surface area (Å²) in [5, 5.41) is 7.70. The van der Waals surface area contributed by atoms with Gasteiger partial charge in [0.05, 0.1) is 5.52 Å². The lowest BCUT2D eigenvalue weighted by Gasteiger charge is -2.07. The fourth-order valence-corrected chi connectivity index (χ4v) is 10.3. The SMILES string of the molecule is c1ccc(-c2ccc(-c3ccc(-c4ccc5c(c4)[nH]c4c5ccc5c4ccc4c6ccc(-c7ccc(-c8ccc(-c9ccccc9)cc8)cc7)cc6sc45)cc3)cc2)cc1. The highest BCUT2D eigenvalue weighted by Gasteiger charge is 2.15. The molecule has 0 aliphatic rings. The monoisotopic (exact) mass is 779 g/mol. The van der Waals surface area contributed by atoms with E-state index in [1.807, 2.05) is 11.3 Å². The molecule has 12 rings (SSSR count). The summed E-state index contributed by atoms with van der Waals surface area (Å²) >= 11 is 1.90. The number of nitrogens with one attached hydrogen (secondary N) is 1. The Morgan fingerprint density at radius 3 is 1.03 bits per heavy atom. The summed E-state index contributed by atoms with van der Waals surface area (Å²) in [6.45, 7) is 0. The molecule has 0 aliphatic carbocycles. The van der Waals surface area contributed by atoms with Crippen LogP contribution in [0.2, 0.25) is 0 Å². The minimum absolute atomic E-state index is 1.16. The van der Waals surface area contributed by atoms with E-state index < -0.39 is 0 Å². The highest BCUT2D eigenvalue weighted by Crippen LogP contribution is 2.43. The molecule has 1 N–H and O–H groups in total. The Balaban J connectivity index is 0.830. The van der Waals surface area contributed by atoms with Crippen LogP contribution in [-0.2, 0) is 0 Å². The van der Waals surface area contributed by atoms with Crippen LogP contribution >= 0.6 is 11.3 Å². The molecule has 2 heterocycles. The molecule has 2 heteroatoms. The Labute approximate surface area is 352 Å². The van der Waals surface area contributed by atoms with E-state index in [0.29, 0.717) is 0 Å². The molecule has 0 unspecified atom stereocenters. The number of hydrogen-bond acceptors (Lipinski definition) is 1. The molecule has 0 atom stereocenters. The van der Waals surface area contributed by atoms with Crippen molar-refractivity contribution in [3.05, 3.63) is 218 Å². The lowest BCUT2D eigenvalue weighted by molar-refractivity contribution is 1.55. The third-order valence-electron chi connectivity index (χ3n) is 12.3. The molecule has 2 aromatic heterocycles. The number of hydrogen-bond donors (Lipinski definition) is 1. The Hall–Kier alpha value is -7.52. The van der Waals surface area contributed by atoms with Crippen LogP contribution in [0.1, 0.15) is 0 Å². The van der Waals surface area contributed by atoms with Crippen molar-refractivity contribution in [2.45, 2.75) is 0 Å². The van der Waals surface area contributed by atoms with Gasteiger partial charge in [0.1, 0.15) is 0 Å². The smallest absolute Gasteiger partial charge is 0.0545 e. The van der Waals surface area contributed by atoms with Crippen LogP contribution in [0.15, 0.2) is 218 Å². The zero-order chi connectivity index (χ0) is 39.6. The minimum atomic E-state index is 1.16. The Kier molecular flexibility index (Phi) is 8.11. The maximum Gasteiger partial charge on any atom is 0.0545 e. The number of fused-ring (bicyclic) bond motifs is 9. The quantitative estimate of drug-likeness (QED) is 0.173. The second-order valence-electron chi connectivity index (χ2n) is 15.8. The van der Waals surface area contributed by atoms with Gasteiger partial charge in [-0.3, -0.25) is 0 Å². The van der Waals surface area contributed by atoms with Crippen molar-refractivity contribution < 1.29 is 0 Å². The van der Waals surface area contributed by atoms with Gasteiger partial charge < -0.3 is 4.98 Å². The molecular weight excluding hydrogens is 743 g/mol. The number of aromatic amines is 1.